The van der Waals surface area contributed by atoms with Crippen LogP contribution in [0.1, 0.15) is 25.5 Å². The molecule has 0 saturated heterocycles. The largest absolute Gasteiger partial charge is 0.346 e. The number of rotatable bonds is 2. The van der Waals surface area contributed by atoms with Crippen molar-refractivity contribution in [2.75, 3.05) is 0 Å². The van der Waals surface area contributed by atoms with E-state index in [1.165, 1.54) is 0 Å². The Balaban J connectivity index is 2.53. The number of nitrogens with zero attached hydrogens (tertiary/aromatic N) is 1. The van der Waals surface area contributed by atoms with Gasteiger partial charge in [0.2, 0.25) is 0 Å². The molecule has 0 bridgehead atoms. The highest BCUT2D eigenvalue weighted by molar-refractivity contribution is 5.79. The molecule has 0 aliphatic carbocycles. The zero-order valence-electron chi connectivity index (χ0n) is 8.49. The van der Waals surface area contributed by atoms with Gasteiger partial charge < -0.3 is 10.7 Å². The minimum absolute atomic E-state index is 0.0768. The van der Waals surface area contributed by atoms with Crippen LogP contribution in [0.3, 0.4) is 0 Å². The van der Waals surface area contributed by atoms with Crippen molar-refractivity contribution in [2.45, 2.75) is 19.9 Å². The number of fused-ring (bicyclic) bond motifs is 1. The summed E-state index contributed by atoms with van der Waals surface area (Å²) in [5.41, 5.74) is 8.17. The SMILES string of the molecule is CC(C)[C@@H](N)c1c[nH]c2ncccc12. The third-order valence-electron chi connectivity index (χ3n) is 2.56. The number of hydrogen-bond acceptors (Lipinski definition) is 2. The Morgan fingerprint density at radius 1 is 1.43 bits per heavy atom. The molecule has 0 aromatic carbocycles. The van der Waals surface area contributed by atoms with E-state index in [0.29, 0.717) is 5.92 Å². The zero-order valence-corrected chi connectivity index (χ0v) is 8.49. The lowest BCUT2D eigenvalue weighted by Gasteiger charge is -2.14. The third-order valence-corrected chi connectivity index (χ3v) is 2.56. The molecule has 3 nitrogen and oxygen atoms in total. The van der Waals surface area contributed by atoms with Crippen molar-refractivity contribution >= 4 is 11.0 Å². The molecular weight excluding hydrogens is 174 g/mol. The second-order valence-corrected chi connectivity index (χ2v) is 3.91. The summed E-state index contributed by atoms with van der Waals surface area (Å²) in [6, 6.07) is 4.07. The number of nitrogens with two attached hydrogens (primary N) is 1. The van der Waals surface area contributed by atoms with Crippen LogP contribution in [-0.2, 0) is 0 Å². The first-order valence-corrected chi connectivity index (χ1v) is 4.87. The van der Waals surface area contributed by atoms with Crippen LogP contribution < -0.4 is 5.73 Å². The average Bonchev–Trinajstić information content (AvgIpc) is 2.60. The van der Waals surface area contributed by atoms with Crippen LogP contribution in [0, 0.1) is 5.92 Å². The molecule has 0 radical (unpaired) electrons. The van der Waals surface area contributed by atoms with E-state index in [-0.39, 0.29) is 6.04 Å². The summed E-state index contributed by atoms with van der Waals surface area (Å²) in [7, 11) is 0. The predicted molar refractivity (Wildman–Crippen MR) is 57.9 cm³/mol. The van der Waals surface area contributed by atoms with Crippen molar-refractivity contribution in [3.63, 3.8) is 0 Å². The van der Waals surface area contributed by atoms with Gasteiger partial charge in [-0.3, -0.25) is 0 Å². The smallest absolute Gasteiger partial charge is 0.137 e. The molecule has 0 fully saturated rings. The predicted octanol–water partition coefficient (Wildman–Crippen LogP) is 2.22. The first kappa shape index (κ1) is 9.21. The Hall–Kier alpha value is -1.35. The van der Waals surface area contributed by atoms with E-state index < -0.39 is 0 Å². The Morgan fingerprint density at radius 3 is 2.93 bits per heavy atom. The van der Waals surface area contributed by atoms with Crippen molar-refractivity contribution in [2.24, 2.45) is 11.7 Å². The monoisotopic (exact) mass is 189 g/mol. The maximum Gasteiger partial charge on any atom is 0.137 e. The van der Waals surface area contributed by atoms with Gasteiger partial charge in [0, 0.05) is 23.8 Å². The Labute approximate surface area is 83.3 Å². The molecule has 0 amide bonds. The summed E-state index contributed by atoms with van der Waals surface area (Å²) in [6.45, 7) is 4.25. The van der Waals surface area contributed by atoms with Crippen molar-refractivity contribution in [1.29, 1.82) is 0 Å². The van der Waals surface area contributed by atoms with Crippen molar-refractivity contribution in [3.05, 3.63) is 30.1 Å². The van der Waals surface area contributed by atoms with Gasteiger partial charge in [-0.05, 0) is 23.6 Å². The molecule has 2 heterocycles. The van der Waals surface area contributed by atoms with Gasteiger partial charge in [-0.25, -0.2) is 4.98 Å². The number of hydrogen-bond donors (Lipinski definition) is 2. The van der Waals surface area contributed by atoms with Crippen LogP contribution in [0.15, 0.2) is 24.5 Å². The molecule has 0 saturated carbocycles. The third kappa shape index (κ3) is 1.40. The molecule has 2 aromatic heterocycles. The maximum absolute atomic E-state index is 6.10. The number of nitrogens with one attached hydrogen (secondary N) is 1. The van der Waals surface area contributed by atoms with E-state index in [2.05, 4.69) is 29.9 Å². The molecule has 0 aliphatic heterocycles. The fourth-order valence-electron chi connectivity index (χ4n) is 1.61. The second kappa shape index (κ2) is 3.42. The fraction of sp³-hybridized carbons (Fsp3) is 0.364. The molecular formula is C11H15N3. The maximum atomic E-state index is 6.10. The van der Waals surface area contributed by atoms with Crippen LogP contribution in [0.4, 0.5) is 0 Å². The van der Waals surface area contributed by atoms with Gasteiger partial charge in [0.1, 0.15) is 5.65 Å². The summed E-state index contributed by atoms with van der Waals surface area (Å²) >= 11 is 0. The summed E-state index contributed by atoms with van der Waals surface area (Å²) in [6.07, 6.45) is 3.74. The molecule has 2 aromatic rings. The van der Waals surface area contributed by atoms with E-state index in [9.17, 15) is 0 Å². The minimum atomic E-state index is 0.0768. The summed E-state index contributed by atoms with van der Waals surface area (Å²) in [4.78, 5) is 7.37. The van der Waals surface area contributed by atoms with Crippen LogP contribution in [0.5, 0.6) is 0 Å². The highest BCUT2D eigenvalue weighted by Gasteiger charge is 2.14. The summed E-state index contributed by atoms with van der Waals surface area (Å²) in [5.74, 6) is 0.439. The van der Waals surface area contributed by atoms with Gasteiger partial charge >= 0.3 is 0 Å². The van der Waals surface area contributed by atoms with Gasteiger partial charge in [0.05, 0.1) is 0 Å². The lowest BCUT2D eigenvalue weighted by molar-refractivity contribution is 0.517. The van der Waals surface area contributed by atoms with Gasteiger partial charge in [-0.15, -0.1) is 0 Å². The standard InChI is InChI=1S/C11H15N3/c1-7(2)10(12)9-6-14-11-8(9)4-3-5-13-11/h3-7,10H,12H2,1-2H3,(H,13,14)/t10-/m1/s1. The number of H-pyrrole nitrogens is 1. The Kier molecular flexibility index (Phi) is 2.25. The quantitative estimate of drug-likeness (QED) is 0.761. The van der Waals surface area contributed by atoms with E-state index in [1.54, 1.807) is 6.20 Å². The van der Waals surface area contributed by atoms with Crippen molar-refractivity contribution in [1.82, 2.24) is 9.97 Å². The highest BCUT2D eigenvalue weighted by Crippen LogP contribution is 2.25. The Bertz CT molecular complexity index is 431. The van der Waals surface area contributed by atoms with E-state index >= 15 is 0 Å². The Morgan fingerprint density at radius 2 is 2.21 bits per heavy atom. The average molecular weight is 189 g/mol. The van der Waals surface area contributed by atoms with Gasteiger partial charge in [0.25, 0.3) is 0 Å². The molecule has 2 rings (SSSR count). The molecule has 0 unspecified atom stereocenters. The van der Waals surface area contributed by atoms with E-state index in [1.807, 2.05) is 12.3 Å². The van der Waals surface area contributed by atoms with E-state index in [0.717, 1.165) is 16.6 Å². The first-order valence-electron chi connectivity index (χ1n) is 4.87. The van der Waals surface area contributed by atoms with Crippen LogP contribution in [-0.4, -0.2) is 9.97 Å². The van der Waals surface area contributed by atoms with Crippen LogP contribution >= 0.6 is 0 Å². The van der Waals surface area contributed by atoms with Crippen LogP contribution in [0.25, 0.3) is 11.0 Å². The molecule has 3 heteroatoms. The lowest BCUT2D eigenvalue weighted by Crippen LogP contribution is -2.16. The van der Waals surface area contributed by atoms with Crippen LogP contribution in [0.2, 0.25) is 0 Å². The minimum Gasteiger partial charge on any atom is -0.346 e. The van der Waals surface area contributed by atoms with Crippen molar-refractivity contribution in [3.8, 4) is 0 Å². The normalized spacial score (nSPS) is 13.7. The lowest BCUT2D eigenvalue weighted by atomic mass is 9.97. The number of aromatic nitrogens is 2. The van der Waals surface area contributed by atoms with Gasteiger partial charge in [-0.1, -0.05) is 13.8 Å². The molecule has 0 aliphatic rings. The van der Waals surface area contributed by atoms with Gasteiger partial charge in [0.15, 0.2) is 0 Å². The topological polar surface area (TPSA) is 54.7 Å². The summed E-state index contributed by atoms with van der Waals surface area (Å²) < 4.78 is 0. The molecule has 3 N–H and O–H groups in total. The molecule has 1 atom stereocenters. The van der Waals surface area contributed by atoms with Gasteiger partial charge in [-0.2, -0.15) is 0 Å². The number of aromatic amines is 1. The molecule has 74 valence electrons. The zero-order chi connectivity index (χ0) is 10.1. The fourth-order valence-corrected chi connectivity index (χ4v) is 1.61. The number of pyridine rings is 1. The van der Waals surface area contributed by atoms with Crippen molar-refractivity contribution < 1.29 is 0 Å². The highest BCUT2D eigenvalue weighted by atomic mass is 14.8. The summed E-state index contributed by atoms with van der Waals surface area (Å²) in [5, 5.41) is 1.13. The first-order chi connectivity index (χ1) is 6.70. The second-order valence-electron chi connectivity index (χ2n) is 3.91. The molecule has 14 heavy (non-hydrogen) atoms. The van der Waals surface area contributed by atoms with E-state index in [4.69, 9.17) is 5.73 Å². The molecule has 0 spiro atoms.